The van der Waals surface area contributed by atoms with Crippen LogP contribution in [0.4, 0.5) is 0 Å². The van der Waals surface area contributed by atoms with E-state index in [0.717, 1.165) is 0 Å². The number of rotatable bonds is 3. The fourth-order valence-electron chi connectivity index (χ4n) is 0.311. The van der Waals surface area contributed by atoms with E-state index in [2.05, 4.69) is 4.74 Å². The molecule has 10 heavy (non-hydrogen) atoms. The van der Waals surface area contributed by atoms with Crippen LogP contribution in [0.1, 0.15) is 12.8 Å². The number of hydrogen-bond acceptors (Lipinski definition) is 3. The Balaban J connectivity index is 0. The van der Waals surface area contributed by atoms with E-state index in [0.29, 0.717) is 0 Å². The van der Waals surface area contributed by atoms with E-state index in [-0.39, 0.29) is 31.7 Å². The van der Waals surface area contributed by atoms with Gasteiger partial charge in [0.1, 0.15) is 0 Å². The van der Waals surface area contributed by atoms with Crippen LogP contribution in [0.2, 0.25) is 0 Å². The maximum atomic E-state index is 10.2. The summed E-state index contributed by atoms with van der Waals surface area (Å²) in [7, 11) is 1.23. The van der Waals surface area contributed by atoms with Gasteiger partial charge in [-0.1, -0.05) is 0 Å². The summed E-state index contributed by atoms with van der Waals surface area (Å²) in [4.78, 5) is 20.0. The number of methoxy groups -OCH3 is 1. The third kappa shape index (κ3) is 7.54. The molecule has 1 radical (unpaired) electrons. The summed E-state index contributed by atoms with van der Waals surface area (Å²) < 4.78 is 4.20. The van der Waals surface area contributed by atoms with E-state index in [1.165, 1.54) is 7.11 Å². The third-order valence-electron chi connectivity index (χ3n) is 0.771. The van der Waals surface area contributed by atoms with Crippen LogP contribution in [0, 0.1) is 0 Å². The topological polar surface area (TPSA) is 63.6 Å². The average Bonchev–Trinajstić information content (AvgIpc) is 1.83. The van der Waals surface area contributed by atoms with Crippen LogP contribution >= 0.6 is 0 Å². The molecule has 5 heteroatoms. The molecule has 0 amide bonds. The van der Waals surface area contributed by atoms with Gasteiger partial charge in [0.15, 0.2) is 0 Å². The van der Waals surface area contributed by atoms with Crippen molar-refractivity contribution in [1.29, 1.82) is 0 Å². The van der Waals surface area contributed by atoms with Gasteiger partial charge in [-0.15, -0.1) is 0 Å². The van der Waals surface area contributed by atoms with E-state index >= 15 is 0 Å². The van der Waals surface area contributed by atoms with Crippen molar-refractivity contribution < 1.29 is 19.4 Å². The summed E-state index contributed by atoms with van der Waals surface area (Å²) in [6.45, 7) is 0. The molecule has 0 aromatic rings. The van der Waals surface area contributed by atoms with E-state index in [1.54, 1.807) is 0 Å². The van der Waals surface area contributed by atoms with Gasteiger partial charge in [-0.3, -0.25) is 9.59 Å². The quantitative estimate of drug-likeness (QED) is 0.428. The molecule has 0 rings (SSSR count). The first-order chi connectivity index (χ1) is 4.16. The molecule has 0 saturated heterocycles. The fraction of sp³-hybridized carbons (Fsp3) is 0.600. The molecule has 0 atom stereocenters. The van der Waals surface area contributed by atoms with Crippen molar-refractivity contribution in [2.75, 3.05) is 7.11 Å². The molecule has 0 aliphatic carbocycles. The van der Waals surface area contributed by atoms with Crippen molar-refractivity contribution in [2.24, 2.45) is 0 Å². The second kappa shape index (κ2) is 6.65. The number of carboxylic acid groups (broad SMARTS) is 1. The van der Waals surface area contributed by atoms with Crippen LogP contribution < -0.4 is 0 Å². The Morgan fingerprint density at radius 2 is 1.90 bits per heavy atom. The van der Waals surface area contributed by atoms with E-state index < -0.39 is 11.9 Å². The number of hydrogen-bond donors (Lipinski definition) is 1. The zero-order valence-electron chi connectivity index (χ0n) is 6.09. The van der Waals surface area contributed by atoms with Crippen molar-refractivity contribution in [3.8, 4) is 0 Å². The Morgan fingerprint density at radius 1 is 1.40 bits per heavy atom. The minimum absolute atomic E-state index is 0. The SMILES string of the molecule is COC(=O)CCC(=O)O.[Li]. The summed E-state index contributed by atoms with van der Waals surface area (Å²) in [5, 5.41) is 8.05. The Morgan fingerprint density at radius 3 is 2.20 bits per heavy atom. The van der Waals surface area contributed by atoms with Gasteiger partial charge in [0.25, 0.3) is 0 Å². The molecule has 0 saturated carbocycles. The Hall–Kier alpha value is -0.463. The number of aliphatic carboxylic acids is 1. The minimum atomic E-state index is -0.986. The molecule has 0 fully saturated rings. The fourth-order valence-corrected chi connectivity index (χ4v) is 0.311. The molecule has 53 valence electrons. The maximum absolute atomic E-state index is 10.2. The predicted molar refractivity (Wildman–Crippen MR) is 34.6 cm³/mol. The molecule has 0 heterocycles. The van der Waals surface area contributed by atoms with Gasteiger partial charge in [0.2, 0.25) is 0 Å². The molecule has 0 aliphatic heterocycles. The zero-order valence-corrected chi connectivity index (χ0v) is 6.09. The molecule has 0 spiro atoms. The van der Waals surface area contributed by atoms with E-state index in [1.807, 2.05) is 0 Å². The van der Waals surface area contributed by atoms with Gasteiger partial charge < -0.3 is 9.84 Å². The minimum Gasteiger partial charge on any atom is -0.481 e. The van der Waals surface area contributed by atoms with Crippen molar-refractivity contribution >= 4 is 30.8 Å². The normalized spacial score (nSPS) is 7.70. The van der Waals surface area contributed by atoms with Gasteiger partial charge in [-0.05, 0) is 0 Å². The van der Waals surface area contributed by atoms with Gasteiger partial charge in [0, 0.05) is 18.9 Å². The number of ether oxygens (including phenoxy) is 1. The summed E-state index contributed by atoms with van der Waals surface area (Å²) in [6, 6.07) is 0. The Kier molecular flexibility index (Phi) is 8.14. The number of carbonyl (C=O) groups excluding carboxylic acids is 1. The molecular formula is C5H8LiO4. The number of esters is 1. The predicted octanol–water partition coefficient (Wildman–Crippen LogP) is -0.357. The third-order valence-corrected chi connectivity index (χ3v) is 0.771. The molecule has 0 aliphatic rings. The van der Waals surface area contributed by atoms with Gasteiger partial charge >= 0.3 is 11.9 Å². The summed E-state index contributed by atoms with van der Waals surface area (Å²) >= 11 is 0. The molecule has 0 unspecified atom stereocenters. The molecule has 0 aromatic heterocycles. The molecule has 1 N–H and O–H groups in total. The van der Waals surface area contributed by atoms with Gasteiger partial charge in [0.05, 0.1) is 20.0 Å². The van der Waals surface area contributed by atoms with Crippen LogP contribution in [0.15, 0.2) is 0 Å². The van der Waals surface area contributed by atoms with E-state index in [4.69, 9.17) is 5.11 Å². The second-order valence-electron chi connectivity index (χ2n) is 1.47. The van der Waals surface area contributed by atoms with Crippen molar-refractivity contribution in [3.63, 3.8) is 0 Å². The summed E-state index contributed by atoms with van der Waals surface area (Å²) in [5.74, 6) is -1.47. The first kappa shape index (κ1) is 12.2. The monoisotopic (exact) mass is 139 g/mol. The van der Waals surface area contributed by atoms with Gasteiger partial charge in [-0.25, -0.2) is 0 Å². The molecule has 0 aromatic carbocycles. The largest absolute Gasteiger partial charge is 0.481 e. The average molecular weight is 139 g/mol. The first-order valence-electron chi connectivity index (χ1n) is 2.45. The summed E-state index contributed by atoms with van der Waals surface area (Å²) in [6.07, 6.45) is -0.210. The van der Waals surface area contributed by atoms with Crippen LogP contribution in [-0.4, -0.2) is 43.0 Å². The standard InChI is InChI=1S/C5H8O4.Li/c1-9-5(8)3-2-4(6)7;/h2-3H2,1H3,(H,6,7);. The van der Waals surface area contributed by atoms with Crippen molar-refractivity contribution in [1.82, 2.24) is 0 Å². The van der Waals surface area contributed by atoms with Gasteiger partial charge in [-0.2, -0.15) is 0 Å². The zero-order chi connectivity index (χ0) is 7.28. The second-order valence-corrected chi connectivity index (χ2v) is 1.47. The molecule has 0 bridgehead atoms. The first-order valence-corrected chi connectivity index (χ1v) is 2.45. The van der Waals surface area contributed by atoms with Crippen molar-refractivity contribution in [3.05, 3.63) is 0 Å². The van der Waals surface area contributed by atoms with Crippen LogP contribution in [0.3, 0.4) is 0 Å². The number of carboxylic acids is 1. The van der Waals surface area contributed by atoms with Crippen LogP contribution in [0.5, 0.6) is 0 Å². The summed E-state index contributed by atoms with van der Waals surface area (Å²) in [5.41, 5.74) is 0. The molecule has 4 nitrogen and oxygen atoms in total. The smallest absolute Gasteiger partial charge is 0.306 e. The maximum Gasteiger partial charge on any atom is 0.306 e. The molecular weight excluding hydrogens is 131 g/mol. The Labute approximate surface area is 70.7 Å². The van der Waals surface area contributed by atoms with E-state index in [9.17, 15) is 9.59 Å². The van der Waals surface area contributed by atoms with Crippen LogP contribution in [-0.2, 0) is 14.3 Å². The number of carbonyl (C=O) groups is 2. The van der Waals surface area contributed by atoms with Crippen molar-refractivity contribution in [2.45, 2.75) is 12.8 Å². The Bertz CT molecular complexity index is 123. The van der Waals surface area contributed by atoms with Crippen LogP contribution in [0.25, 0.3) is 0 Å².